The Morgan fingerprint density at radius 3 is 2.60 bits per heavy atom. The minimum absolute atomic E-state index is 0.379. The molecule has 0 aliphatic carbocycles. The first-order valence-electron chi connectivity index (χ1n) is 7.10. The van der Waals surface area contributed by atoms with Gasteiger partial charge in [0.15, 0.2) is 5.69 Å². The van der Waals surface area contributed by atoms with Gasteiger partial charge in [0, 0.05) is 24.5 Å². The molecule has 0 aliphatic heterocycles. The van der Waals surface area contributed by atoms with Crippen molar-refractivity contribution in [2.75, 3.05) is 0 Å². The van der Waals surface area contributed by atoms with E-state index in [4.69, 9.17) is 5.26 Å². The van der Waals surface area contributed by atoms with Crippen LogP contribution in [0, 0.1) is 11.3 Å². The van der Waals surface area contributed by atoms with Gasteiger partial charge in [0.1, 0.15) is 11.8 Å². The second-order valence-corrected chi connectivity index (χ2v) is 4.77. The first-order valence-corrected chi connectivity index (χ1v) is 7.10. The lowest BCUT2D eigenvalue weighted by Crippen LogP contribution is -2.03. The molecule has 0 aliphatic rings. The second kappa shape index (κ2) is 7.39. The van der Waals surface area contributed by atoms with Crippen LogP contribution in [0.3, 0.4) is 0 Å². The van der Waals surface area contributed by atoms with Gasteiger partial charge in [-0.25, -0.2) is 4.68 Å². The van der Waals surface area contributed by atoms with E-state index in [1.807, 2.05) is 16.8 Å². The van der Waals surface area contributed by atoms with Gasteiger partial charge in [0.2, 0.25) is 0 Å². The van der Waals surface area contributed by atoms with Gasteiger partial charge in [-0.3, -0.25) is 4.98 Å². The van der Waals surface area contributed by atoms with Gasteiger partial charge >= 0.3 is 0 Å². The average Bonchev–Trinajstić information content (AvgIpc) is 2.91. The zero-order valence-electron chi connectivity index (χ0n) is 11.8. The molecule has 0 fully saturated rings. The maximum absolute atomic E-state index is 9.15. The molecule has 0 atom stereocenters. The van der Waals surface area contributed by atoms with Crippen molar-refractivity contribution in [3.05, 3.63) is 30.2 Å². The van der Waals surface area contributed by atoms with Gasteiger partial charge in [-0.2, -0.15) is 5.26 Å². The Labute approximate surface area is 119 Å². The minimum Gasteiger partial charge on any atom is -0.265 e. The lowest BCUT2D eigenvalue weighted by Gasteiger charge is -2.06. The second-order valence-electron chi connectivity index (χ2n) is 4.77. The van der Waals surface area contributed by atoms with Gasteiger partial charge in [-0.1, -0.05) is 37.8 Å². The number of nitriles is 1. The fourth-order valence-corrected chi connectivity index (χ4v) is 2.21. The van der Waals surface area contributed by atoms with E-state index in [9.17, 15) is 0 Å². The van der Waals surface area contributed by atoms with Crippen molar-refractivity contribution in [1.29, 1.82) is 5.26 Å². The number of aryl methyl sites for hydroxylation is 1. The monoisotopic (exact) mass is 269 g/mol. The van der Waals surface area contributed by atoms with E-state index in [1.54, 1.807) is 12.4 Å². The van der Waals surface area contributed by atoms with Crippen molar-refractivity contribution in [3.8, 4) is 17.3 Å². The Kier molecular flexibility index (Phi) is 5.24. The summed E-state index contributed by atoms with van der Waals surface area (Å²) in [5.41, 5.74) is 2.12. The summed E-state index contributed by atoms with van der Waals surface area (Å²) in [6, 6.07) is 5.87. The van der Waals surface area contributed by atoms with E-state index >= 15 is 0 Å². The largest absolute Gasteiger partial charge is 0.265 e. The van der Waals surface area contributed by atoms with E-state index in [1.165, 1.54) is 25.7 Å². The summed E-state index contributed by atoms with van der Waals surface area (Å²) in [6.45, 7) is 3.01. The highest BCUT2D eigenvalue weighted by atomic mass is 15.4. The van der Waals surface area contributed by atoms with E-state index < -0.39 is 0 Å². The molecule has 0 N–H and O–H groups in total. The topological polar surface area (TPSA) is 67.4 Å². The predicted molar refractivity (Wildman–Crippen MR) is 76.7 cm³/mol. The van der Waals surface area contributed by atoms with Gasteiger partial charge in [-0.15, -0.1) is 5.10 Å². The average molecular weight is 269 g/mol. The van der Waals surface area contributed by atoms with Crippen LogP contribution in [-0.4, -0.2) is 20.0 Å². The summed E-state index contributed by atoms with van der Waals surface area (Å²) in [6.07, 6.45) is 9.45. The van der Waals surface area contributed by atoms with E-state index in [-0.39, 0.29) is 0 Å². The van der Waals surface area contributed by atoms with Crippen LogP contribution in [-0.2, 0) is 6.54 Å². The highest BCUT2D eigenvalue weighted by Crippen LogP contribution is 2.21. The first-order chi connectivity index (χ1) is 9.86. The van der Waals surface area contributed by atoms with E-state index in [2.05, 4.69) is 28.3 Å². The molecule has 2 aromatic heterocycles. The third-order valence-corrected chi connectivity index (χ3v) is 3.27. The van der Waals surface area contributed by atoms with Crippen molar-refractivity contribution in [1.82, 2.24) is 20.0 Å². The number of hydrogen-bond donors (Lipinski definition) is 0. The van der Waals surface area contributed by atoms with Crippen molar-refractivity contribution < 1.29 is 0 Å². The number of hydrogen-bond acceptors (Lipinski definition) is 4. The minimum atomic E-state index is 0.379. The Balaban J connectivity index is 2.10. The standard InChI is InChI=1S/C15H19N5/c1-2-3-4-5-6-11-20-15(14(12-16)18-19-20)13-7-9-17-10-8-13/h7-10H,2-6,11H2,1H3. The first kappa shape index (κ1) is 14.2. The summed E-state index contributed by atoms with van der Waals surface area (Å²) in [5.74, 6) is 0. The van der Waals surface area contributed by atoms with Crippen molar-refractivity contribution in [2.24, 2.45) is 0 Å². The molecule has 2 aromatic rings. The van der Waals surface area contributed by atoms with E-state index in [0.717, 1.165) is 24.2 Å². The van der Waals surface area contributed by atoms with Crippen LogP contribution in [0.2, 0.25) is 0 Å². The predicted octanol–water partition coefficient (Wildman–Crippen LogP) is 3.18. The molecule has 0 saturated carbocycles. The highest BCUT2D eigenvalue weighted by Gasteiger charge is 2.14. The molecular formula is C15H19N5. The Bertz CT molecular complexity index is 568. The fraction of sp³-hybridized carbons (Fsp3) is 0.467. The Morgan fingerprint density at radius 2 is 1.90 bits per heavy atom. The van der Waals surface area contributed by atoms with Gasteiger partial charge in [0.05, 0.1) is 0 Å². The van der Waals surface area contributed by atoms with Crippen LogP contribution >= 0.6 is 0 Å². The molecule has 2 heterocycles. The van der Waals surface area contributed by atoms with Gasteiger partial charge < -0.3 is 0 Å². The summed E-state index contributed by atoms with van der Waals surface area (Å²) in [4.78, 5) is 4.00. The van der Waals surface area contributed by atoms with E-state index in [0.29, 0.717) is 5.69 Å². The normalized spacial score (nSPS) is 10.4. The third kappa shape index (κ3) is 3.41. The molecule has 20 heavy (non-hydrogen) atoms. The van der Waals surface area contributed by atoms with Crippen LogP contribution in [0.4, 0.5) is 0 Å². The molecule has 0 bridgehead atoms. The lowest BCUT2D eigenvalue weighted by molar-refractivity contribution is 0.524. The molecule has 104 valence electrons. The summed E-state index contributed by atoms with van der Waals surface area (Å²) in [5, 5.41) is 17.2. The molecule has 5 nitrogen and oxygen atoms in total. The quantitative estimate of drug-likeness (QED) is 0.724. The smallest absolute Gasteiger partial charge is 0.190 e. The molecule has 0 unspecified atom stereocenters. The number of aromatic nitrogens is 4. The van der Waals surface area contributed by atoms with Crippen LogP contribution in [0.25, 0.3) is 11.3 Å². The third-order valence-electron chi connectivity index (χ3n) is 3.27. The lowest BCUT2D eigenvalue weighted by atomic mass is 10.1. The summed E-state index contributed by atoms with van der Waals surface area (Å²) in [7, 11) is 0. The van der Waals surface area contributed by atoms with Crippen LogP contribution < -0.4 is 0 Å². The van der Waals surface area contributed by atoms with Crippen molar-refractivity contribution in [2.45, 2.75) is 45.6 Å². The summed E-state index contributed by atoms with van der Waals surface area (Å²) < 4.78 is 1.83. The molecular weight excluding hydrogens is 250 g/mol. The zero-order chi connectivity index (χ0) is 14.2. The van der Waals surface area contributed by atoms with Gasteiger partial charge in [0.25, 0.3) is 0 Å². The molecule has 2 rings (SSSR count). The van der Waals surface area contributed by atoms with Crippen molar-refractivity contribution in [3.63, 3.8) is 0 Å². The fourth-order valence-electron chi connectivity index (χ4n) is 2.21. The molecule has 0 aromatic carbocycles. The Hall–Kier alpha value is -2.22. The number of pyridine rings is 1. The van der Waals surface area contributed by atoms with Gasteiger partial charge in [-0.05, 0) is 18.6 Å². The summed E-state index contributed by atoms with van der Waals surface area (Å²) >= 11 is 0. The zero-order valence-corrected chi connectivity index (χ0v) is 11.8. The molecule has 5 heteroatoms. The molecule has 0 saturated heterocycles. The van der Waals surface area contributed by atoms with Crippen LogP contribution in [0.5, 0.6) is 0 Å². The Morgan fingerprint density at radius 1 is 1.15 bits per heavy atom. The SMILES string of the molecule is CCCCCCCn1nnc(C#N)c1-c1ccncc1. The molecule has 0 amide bonds. The van der Waals surface area contributed by atoms with Crippen LogP contribution in [0.15, 0.2) is 24.5 Å². The van der Waals surface area contributed by atoms with Crippen molar-refractivity contribution >= 4 is 0 Å². The number of nitrogens with zero attached hydrogens (tertiary/aromatic N) is 5. The molecule has 0 spiro atoms. The van der Waals surface area contributed by atoms with Crippen LogP contribution in [0.1, 0.15) is 44.7 Å². The number of unbranched alkanes of at least 4 members (excludes halogenated alkanes) is 4. The maximum Gasteiger partial charge on any atom is 0.190 e. The number of rotatable bonds is 7. The highest BCUT2D eigenvalue weighted by molar-refractivity contribution is 5.64. The maximum atomic E-state index is 9.15. The molecule has 0 radical (unpaired) electrons.